The van der Waals surface area contributed by atoms with Crippen molar-refractivity contribution in [2.75, 3.05) is 13.2 Å². The van der Waals surface area contributed by atoms with Gasteiger partial charge in [0.15, 0.2) is 11.5 Å². The van der Waals surface area contributed by atoms with E-state index in [1.165, 1.54) is 0 Å². The van der Waals surface area contributed by atoms with E-state index in [-0.39, 0.29) is 17.9 Å². The van der Waals surface area contributed by atoms with Crippen molar-refractivity contribution in [1.82, 2.24) is 10.2 Å². The fourth-order valence-electron chi connectivity index (χ4n) is 3.79. The van der Waals surface area contributed by atoms with Gasteiger partial charge >= 0.3 is 0 Å². The third-order valence-electron chi connectivity index (χ3n) is 5.82. The van der Waals surface area contributed by atoms with Crippen LogP contribution in [-0.2, 0) is 22.6 Å². The molecule has 2 atom stereocenters. The number of amides is 2. The van der Waals surface area contributed by atoms with Crippen LogP contribution in [0.15, 0.2) is 48.5 Å². The smallest absolute Gasteiger partial charge is 0.243 e. The van der Waals surface area contributed by atoms with Crippen molar-refractivity contribution in [1.29, 1.82) is 0 Å². The van der Waals surface area contributed by atoms with E-state index in [1.54, 1.807) is 4.90 Å². The van der Waals surface area contributed by atoms with Crippen LogP contribution in [-0.4, -0.2) is 42.0 Å². The van der Waals surface area contributed by atoms with Gasteiger partial charge in [0.1, 0.15) is 6.04 Å². The van der Waals surface area contributed by atoms with Crippen LogP contribution >= 0.6 is 0 Å². The molecule has 34 heavy (non-hydrogen) atoms. The summed E-state index contributed by atoms with van der Waals surface area (Å²) in [6.07, 6.45) is 2.26. The molecule has 0 fully saturated rings. The Morgan fingerprint density at radius 3 is 2.18 bits per heavy atom. The molecule has 0 aliphatic rings. The van der Waals surface area contributed by atoms with E-state index in [0.29, 0.717) is 50.5 Å². The average Bonchev–Trinajstić information content (AvgIpc) is 2.84. The Kier molecular flexibility index (Phi) is 11.4. The Balaban J connectivity index is 2.20. The van der Waals surface area contributed by atoms with Crippen molar-refractivity contribution in [3.63, 3.8) is 0 Å². The molecule has 0 spiro atoms. The summed E-state index contributed by atoms with van der Waals surface area (Å²) in [7, 11) is 0. The molecule has 2 aromatic rings. The van der Waals surface area contributed by atoms with E-state index in [0.717, 1.165) is 17.5 Å². The zero-order valence-electron chi connectivity index (χ0n) is 21.3. The number of ether oxygens (including phenoxy) is 2. The second-order valence-corrected chi connectivity index (χ2v) is 8.40. The van der Waals surface area contributed by atoms with Gasteiger partial charge in [-0.25, -0.2) is 0 Å². The number of nitrogens with one attached hydrogen (secondary N) is 1. The van der Waals surface area contributed by atoms with Crippen molar-refractivity contribution >= 4 is 11.8 Å². The number of aryl methyl sites for hydroxylation is 1. The van der Waals surface area contributed by atoms with Crippen molar-refractivity contribution in [2.45, 2.75) is 78.9 Å². The molecule has 2 rings (SSSR count). The van der Waals surface area contributed by atoms with Crippen molar-refractivity contribution in [3.8, 4) is 11.5 Å². The number of nitrogens with zero attached hydrogens (tertiary/aromatic N) is 1. The lowest BCUT2D eigenvalue weighted by Gasteiger charge is -2.31. The molecule has 186 valence electrons. The molecule has 0 saturated carbocycles. The Labute approximate surface area is 204 Å². The first kappa shape index (κ1) is 27.2. The minimum Gasteiger partial charge on any atom is -0.490 e. The highest BCUT2D eigenvalue weighted by Gasteiger charge is 2.29. The zero-order chi connectivity index (χ0) is 24.9. The maximum absolute atomic E-state index is 13.5. The molecule has 0 heterocycles. The van der Waals surface area contributed by atoms with Gasteiger partial charge in [0.2, 0.25) is 11.8 Å². The number of carbonyl (C=O) groups excluding carboxylic acids is 2. The molecule has 0 aliphatic heterocycles. The Morgan fingerprint density at radius 2 is 1.56 bits per heavy atom. The van der Waals surface area contributed by atoms with Crippen molar-refractivity contribution in [2.24, 2.45) is 0 Å². The van der Waals surface area contributed by atoms with Crippen LogP contribution in [0.5, 0.6) is 11.5 Å². The molecule has 0 aliphatic carbocycles. The zero-order valence-corrected chi connectivity index (χ0v) is 21.3. The molecule has 1 N–H and O–H groups in total. The van der Waals surface area contributed by atoms with Gasteiger partial charge in [-0.2, -0.15) is 0 Å². The highest BCUT2D eigenvalue weighted by Crippen LogP contribution is 2.29. The standard InChI is InChI=1S/C28H40N2O4/c1-6-21(5)29-28(32)24(7-2)30(20-23-13-11-10-12-14-23)27(31)18-16-22-15-17-25(33-8-3)26(19-22)34-9-4/h10-15,17,19,21,24H,6-9,16,18,20H2,1-5H3,(H,29,32). The van der Waals surface area contributed by atoms with E-state index in [4.69, 9.17) is 9.47 Å². The SMILES string of the molecule is CCOc1ccc(CCC(=O)N(Cc2ccccc2)C(CC)C(=O)NC(C)CC)cc1OCC. The summed E-state index contributed by atoms with van der Waals surface area (Å²) in [6, 6.07) is 15.2. The van der Waals surface area contributed by atoms with Crippen molar-refractivity contribution in [3.05, 3.63) is 59.7 Å². The molecule has 0 aromatic heterocycles. The van der Waals surface area contributed by atoms with Crippen LogP contribution in [0.4, 0.5) is 0 Å². The largest absolute Gasteiger partial charge is 0.490 e. The van der Waals surface area contributed by atoms with E-state index < -0.39 is 6.04 Å². The predicted octanol–water partition coefficient (Wildman–Crippen LogP) is 5.14. The first-order valence-electron chi connectivity index (χ1n) is 12.5. The molecule has 2 amide bonds. The van der Waals surface area contributed by atoms with Crippen LogP contribution in [0.2, 0.25) is 0 Å². The van der Waals surface area contributed by atoms with Crippen LogP contribution < -0.4 is 14.8 Å². The Morgan fingerprint density at radius 1 is 0.882 bits per heavy atom. The van der Waals surface area contributed by atoms with Crippen LogP contribution in [0.25, 0.3) is 0 Å². The van der Waals surface area contributed by atoms with Gasteiger partial charge in [0, 0.05) is 19.0 Å². The monoisotopic (exact) mass is 468 g/mol. The van der Waals surface area contributed by atoms with E-state index in [9.17, 15) is 9.59 Å². The first-order chi connectivity index (χ1) is 16.4. The Hall–Kier alpha value is -3.02. The molecule has 6 nitrogen and oxygen atoms in total. The highest BCUT2D eigenvalue weighted by atomic mass is 16.5. The quantitative estimate of drug-likeness (QED) is 0.417. The molecular weight excluding hydrogens is 428 g/mol. The maximum Gasteiger partial charge on any atom is 0.243 e. The fraction of sp³-hybridized carbons (Fsp3) is 0.500. The van der Waals surface area contributed by atoms with Gasteiger partial charge in [0.25, 0.3) is 0 Å². The summed E-state index contributed by atoms with van der Waals surface area (Å²) < 4.78 is 11.4. The number of benzene rings is 2. The number of hydrogen-bond acceptors (Lipinski definition) is 4. The summed E-state index contributed by atoms with van der Waals surface area (Å²) in [5.74, 6) is 1.26. The summed E-state index contributed by atoms with van der Waals surface area (Å²) in [4.78, 5) is 28.2. The minimum atomic E-state index is -0.513. The topological polar surface area (TPSA) is 67.9 Å². The van der Waals surface area contributed by atoms with Crippen molar-refractivity contribution < 1.29 is 19.1 Å². The van der Waals surface area contributed by atoms with Gasteiger partial charge in [-0.1, -0.05) is 50.2 Å². The third kappa shape index (κ3) is 8.08. The Bertz CT molecular complexity index is 901. The lowest BCUT2D eigenvalue weighted by atomic mass is 10.1. The van der Waals surface area contributed by atoms with Gasteiger partial charge in [-0.05, 0) is 63.3 Å². The normalized spacial score (nSPS) is 12.5. The lowest BCUT2D eigenvalue weighted by molar-refractivity contribution is -0.141. The number of hydrogen-bond donors (Lipinski definition) is 1. The third-order valence-corrected chi connectivity index (χ3v) is 5.82. The van der Waals surface area contributed by atoms with E-state index >= 15 is 0 Å². The van der Waals surface area contributed by atoms with Gasteiger partial charge in [-0.15, -0.1) is 0 Å². The number of carbonyl (C=O) groups is 2. The second-order valence-electron chi connectivity index (χ2n) is 8.40. The number of rotatable bonds is 14. The molecule has 6 heteroatoms. The predicted molar refractivity (Wildman–Crippen MR) is 136 cm³/mol. The average molecular weight is 469 g/mol. The fourth-order valence-corrected chi connectivity index (χ4v) is 3.79. The molecule has 2 unspecified atom stereocenters. The minimum absolute atomic E-state index is 0.0400. The summed E-state index contributed by atoms with van der Waals surface area (Å²) in [5, 5.41) is 3.05. The highest BCUT2D eigenvalue weighted by molar-refractivity contribution is 5.88. The van der Waals surface area contributed by atoms with E-state index in [2.05, 4.69) is 5.32 Å². The van der Waals surface area contributed by atoms with Crippen LogP contribution in [0.1, 0.15) is 65.0 Å². The summed E-state index contributed by atoms with van der Waals surface area (Å²) in [6.45, 7) is 11.3. The second kappa shape index (κ2) is 14.3. The van der Waals surface area contributed by atoms with E-state index in [1.807, 2.05) is 83.1 Å². The van der Waals surface area contributed by atoms with Crippen LogP contribution in [0, 0.1) is 0 Å². The molecule has 0 saturated heterocycles. The summed E-state index contributed by atoms with van der Waals surface area (Å²) >= 11 is 0. The van der Waals surface area contributed by atoms with Crippen LogP contribution in [0.3, 0.4) is 0 Å². The first-order valence-corrected chi connectivity index (χ1v) is 12.5. The maximum atomic E-state index is 13.5. The van der Waals surface area contributed by atoms with Gasteiger partial charge in [-0.3, -0.25) is 9.59 Å². The van der Waals surface area contributed by atoms with Gasteiger partial charge < -0.3 is 19.7 Å². The van der Waals surface area contributed by atoms with Gasteiger partial charge in [0.05, 0.1) is 13.2 Å². The molecular formula is C28H40N2O4. The lowest BCUT2D eigenvalue weighted by Crippen LogP contribution is -2.50. The summed E-state index contributed by atoms with van der Waals surface area (Å²) in [5.41, 5.74) is 2.00. The molecule has 2 aromatic carbocycles. The molecule has 0 bridgehead atoms. The molecule has 0 radical (unpaired) electrons.